The average Bonchev–Trinajstić information content (AvgIpc) is 2.36. The van der Waals surface area contributed by atoms with E-state index >= 15 is 0 Å². The topological polar surface area (TPSA) is 127 Å². The van der Waals surface area contributed by atoms with Crippen LogP contribution < -0.4 is 5.32 Å². The highest BCUT2D eigenvalue weighted by molar-refractivity contribution is 7.90. The van der Waals surface area contributed by atoms with Crippen LogP contribution >= 0.6 is 0 Å². The first-order chi connectivity index (χ1) is 9.53. The number of sulfone groups is 1. The highest BCUT2D eigenvalue weighted by Gasteiger charge is 2.35. The molecule has 0 fully saturated rings. The van der Waals surface area contributed by atoms with Crippen LogP contribution in [0.2, 0.25) is 0 Å². The standard InChI is InChI=1S/C12H16N2O6S/c1-4-12(2,11(15)16)13-8-6-5-7-9(21(3,19)20)10(8)14(17)18/h5-7,13H,4H2,1-3H3,(H,15,16). The van der Waals surface area contributed by atoms with Gasteiger partial charge in [0.15, 0.2) is 9.84 Å². The third-order valence-corrected chi connectivity index (χ3v) is 4.30. The number of hydrogen-bond acceptors (Lipinski definition) is 6. The number of hydrogen-bond donors (Lipinski definition) is 2. The highest BCUT2D eigenvalue weighted by Crippen LogP contribution is 2.34. The number of benzene rings is 1. The molecule has 116 valence electrons. The molecule has 1 atom stereocenters. The number of carboxylic acid groups (broad SMARTS) is 1. The molecule has 9 heteroatoms. The van der Waals surface area contributed by atoms with Crippen LogP contribution in [0.5, 0.6) is 0 Å². The number of carboxylic acids is 1. The third-order valence-electron chi connectivity index (χ3n) is 3.17. The van der Waals surface area contributed by atoms with Crippen LogP contribution in [-0.4, -0.2) is 36.2 Å². The normalized spacial score (nSPS) is 14.2. The molecule has 0 aliphatic rings. The van der Waals surface area contributed by atoms with Gasteiger partial charge in [-0.25, -0.2) is 13.2 Å². The van der Waals surface area contributed by atoms with Crippen LogP contribution in [0.3, 0.4) is 0 Å². The van der Waals surface area contributed by atoms with Gasteiger partial charge in [-0.15, -0.1) is 0 Å². The van der Waals surface area contributed by atoms with E-state index in [1.807, 2.05) is 0 Å². The monoisotopic (exact) mass is 316 g/mol. The second kappa shape index (κ2) is 5.68. The smallest absolute Gasteiger partial charge is 0.329 e. The Kier molecular flexibility index (Phi) is 4.57. The van der Waals surface area contributed by atoms with Gasteiger partial charge >= 0.3 is 11.7 Å². The number of nitro groups is 1. The molecule has 0 spiro atoms. The van der Waals surface area contributed by atoms with E-state index in [-0.39, 0.29) is 12.1 Å². The van der Waals surface area contributed by atoms with Gasteiger partial charge in [-0.1, -0.05) is 13.0 Å². The van der Waals surface area contributed by atoms with E-state index in [1.54, 1.807) is 6.92 Å². The second-order valence-corrected chi connectivity index (χ2v) is 6.78. The molecule has 1 rings (SSSR count). The van der Waals surface area contributed by atoms with Crippen molar-refractivity contribution in [2.24, 2.45) is 0 Å². The van der Waals surface area contributed by atoms with Crippen molar-refractivity contribution in [1.82, 2.24) is 0 Å². The van der Waals surface area contributed by atoms with Gasteiger partial charge in [-0.05, 0) is 25.5 Å². The molecule has 0 aromatic heterocycles. The van der Waals surface area contributed by atoms with Crippen LogP contribution in [0, 0.1) is 10.1 Å². The molecule has 0 aliphatic carbocycles. The molecule has 8 nitrogen and oxygen atoms in total. The van der Waals surface area contributed by atoms with Gasteiger partial charge in [-0.2, -0.15) is 0 Å². The fourth-order valence-electron chi connectivity index (χ4n) is 1.70. The van der Waals surface area contributed by atoms with Crippen molar-refractivity contribution >= 4 is 27.2 Å². The van der Waals surface area contributed by atoms with Crippen LogP contribution in [0.4, 0.5) is 11.4 Å². The fourth-order valence-corrected chi connectivity index (χ4v) is 2.56. The maximum Gasteiger partial charge on any atom is 0.329 e. The van der Waals surface area contributed by atoms with Gasteiger partial charge in [0.05, 0.1) is 4.92 Å². The molecular formula is C12H16N2O6S. The molecule has 21 heavy (non-hydrogen) atoms. The predicted molar refractivity (Wildman–Crippen MR) is 76.2 cm³/mol. The number of aliphatic carboxylic acids is 1. The van der Waals surface area contributed by atoms with E-state index in [2.05, 4.69) is 5.32 Å². The summed E-state index contributed by atoms with van der Waals surface area (Å²) in [4.78, 5) is 21.2. The lowest BCUT2D eigenvalue weighted by Crippen LogP contribution is -2.42. The largest absolute Gasteiger partial charge is 0.480 e. The molecule has 1 aromatic rings. The first-order valence-electron chi connectivity index (χ1n) is 6.02. The predicted octanol–water partition coefficient (Wildman–Crippen LogP) is 1.66. The lowest BCUT2D eigenvalue weighted by molar-refractivity contribution is -0.386. The average molecular weight is 316 g/mol. The summed E-state index contributed by atoms with van der Waals surface area (Å²) in [6.07, 6.45) is 1.01. The summed E-state index contributed by atoms with van der Waals surface area (Å²) >= 11 is 0. The molecule has 2 N–H and O–H groups in total. The molecule has 1 unspecified atom stereocenters. The van der Waals surface area contributed by atoms with Crippen molar-refractivity contribution < 1.29 is 23.2 Å². The number of para-hydroxylation sites is 1. The van der Waals surface area contributed by atoms with Crippen LogP contribution in [0.25, 0.3) is 0 Å². The number of nitrogens with zero attached hydrogens (tertiary/aromatic N) is 1. The Labute approximate surface area is 121 Å². The molecule has 1 aromatic carbocycles. The van der Waals surface area contributed by atoms with E-state index in [0.29, 0.717) is 0 Å². The van der Waals surface area contributed by atoms with Gasteiger partial charge < -0.3 is 10.4 Å². The molecule has 0 saturated heterocycles. The molecule has 0 saturated carbocycles. The van der Waals surface area contributed by atoms with Crippen molar-refractivity contribution in [2.45, 2.75) is 30.7 Å². The highest BCUT2D eigenvalue weighted by atomic mass is 32.2. The Bertz CT molecular complexity index is 685. The summed E-state index contributed by atoms with van der Waals surface area (Å²) in [6, 6.07) is 3.72. The first-order valence-corrected chi connectivity index (χ1v) is 7.91. The van der Waals surface area contributed by atoms with Gasteiger partial charge in [0.1, 0.15) is 16.1 Å². The summed E-state index contributed by atoms with van der Waals surface area (Å²) in [5, 5.41) is 23.0. The molecular weight excluding hydrogens is 300 g/mol. The zero-order valence-corrected chi connectivity index (χ0v) is 12.6. The minimum atomic E-state index is -3.81. The molecule has 0 bridgehead atoms. The third kappa shape index (κ3) is 3.48. The molecule has 0 amide bonds. The first kappa shape index (κ1) is 16.9. The van der Waals surface area contributed by atoms with E-state index in [0.717, 1.165) is 12.3 Å². The van der Waals surface area contributed by atoms with Gasteiger partial charge in [0, 0.05) is 6.26 Å². The minimum absolute atomic E-state index is 0.144. The molecule has 0 radical (unpaired) electrons. The van der Waals surface area contributed by atoms with Gasteiger partial charge in [0.2, 0.25) is 0 Å². The van der Waals surface area contributed by atoms with Crippen molar-refractivity contribution in [2.75, 3.05) is 11.6 Å². The number of nitro benzene ring substituents is 1. The van der Waals surface area contributed by atoms with Crippen LogP contribution in [0.15, 0.2) is 23.1 Å². The van der Waals surface area contributed by atoms with E-state index in [9.17, 15) is 28.4 Å². The van der Waals surface area contributed by atoms with Crippen molar-refractivity contribution in [3.05, 3.63) is 28.3 Å². The number of anilines is 1. The van der Waals surface area contributed by atoms with E-state index in [4.69, 9.17) is 0 Å². The van der Waals surface area contributed by atoms with Crippen molar-refractivity contribution in [1.29, 1.82) is 0 Å². The lowest BCUT2D eigenvalue weighted by atomic mass is 9.98. The fraction of sp³-hybridized carbons (Fsp3) is 0.417. The summed E-state index contributed by atoms with van der Waals surface area (Å²) in [5.41, 5.74) is -2.24. The Balaban J connectivity index is 3.52. The lowest BCUT2D eigenvalue weighted by Gasteiger charge is -2.25. The summed E-state index contributed by atoms with van der Waals surface area (Å²) in [7, 11) is -3.81. The Morgan fingerprint density at radius 3 is 2.43 bits per heavy atom. The van der Waals surface area contributed by atoms with Crippen molar-refractivity contribution in [3.8, 4) is 0 Å². The molecule has 0 heterocycles. The Morgan fingerprint density at radius 2 is 2.05 bits per heavy atom. The van der Waals surface area contributed by atoms with Crippen LogP contribution in [0.1, 0.15) is 20.3 Å². The summed E-state index contributed by atoms with van der Waals surface area (Å²) < 4.78 is 23.3. The van der Waals surface area contributed by atoms with Gasteiger partial charge in [0.25, 0.3) is 0 Å². The van der Waals surface area contributed by atoms with Crippen LogP contribution in [-0.2, 0) is 14.6 Å². The van der Waals surface area contributed by atoms with E-state index < -0.39 is 36.9 Å². The number of carbonyl (C=O) groups is 1. The Hall–Kier alpha value is -2.16. The summed E-state index contributed by atoms with van der Waals surface area (Å²) in [6.45, 7) is 2.97. The Morgan fingerprint density at radius 1 is 1.48 bits per heavy atom. The van der Waals surface area contributed by atoms with Gasteiger partial charge in [-0.3, -0.25) is 10.1 Å². The number of rotatable bonds is 6. The number of nitrogens with one attached hydrogen (secondary N) is 1. The SMILES string of the molecule is CCC(C)(Nc1cccc(S(C)(=O)=O)c1[N+](=O)[O-])C(=O)O. The zero-order valence-electron chi connectivity index (χ0n) is 11.8. The molecule has 0 aliphatic heterocycles. The minimum Gasteiger partial charge on any atom is -0.480 e. The second-order valence-electron chi connectivity index (χ2n) is 4.80. The maximum absolute atomic E-state index is 11.6. The maximum atomic E-state index is 11.6. The quantitative estimate of drug-likeness (QED) is 0.603. The van der Waals surface area contributed by atoms with E-state index in [1.165, 1.54) is 19.1 Å². The van der Waals surface area contributed by atoms with Crippen molar-refractivity contribution in [3.63, 3.8) is 0 Å². The zero-order chi connectivity index (χ0) is 16.4. The summed E-state index contributed by atoms with van der Waals surface area (Å²) in [5.74, 6) is -1.19.